The third kappa shape index (κ3) is 3.11. The Balaban J connectivity index is 1.88. The fraction of sp³-hybridized carbons (Fsp3) is 1.00. The van der Waals surface area contributed by atoms with E-state index in [1.165, 1.54) is 30.8 Å². The minimum atomic E-state index is -0.0773. The van der Waals surface area contributed by atoms with E-state index in [-0.39, 0.29) is 11.3 Å². The molecule has 15 heavy (non-hydrogen) atoms. The SMILES string of the molecule is CC1(C)COC(C)(CC2CCCSC2)N1. The Hall–Kier alpha value is 0.270. The van der Waals surface area contributed by atoms with Gasteiger partial charge in [0, 0.05) is 5.54 Å². The zero-order valence-electron chi connectivity index (χ0n) is 10.1. The Bertz CT molecular complexity index is 226. The Kier molecular flexibility index (Phi) is 3.34. The summed E-state index contributed by atoms with van der Waals surface area (Å²) in [5.41, 5.74) is 0.0720. The first-order chi connectivity index (χ1) is 6.99. The molecular formula is C12H23NOS. The molecule has 3 heteroatoms. The van der Waals surface area contributed by atoms with Gasteiger partial charge in [-0.2, -0.15) is 11.8 Å². The van der Waals surface area contributed by atoms with E-state index in [1.807, 2.05) is 0 Å². The monoisotopic (exact) mass is 229 g/mol. The smallest absolute Gasteiger partial charge is 0.117 e. The molecular weight excluding hydrogens is 206 g/mol. The van der Waals surface area contributed by atoms with Crippen LogP contribution < -0.4 is 5.32 Å². The van der Waals surface area contributed by atoms with Gasteiger partial charge in [0.2, 0.25) is 0 Å². The van der Waals surface area contributed by atoms with E-state index in [4.69, 9.17) is 4.74 Å². The lowest BCUT2D eigenvalue weighted by Crippen LogP contribution is -2.47. The van der Waals surface area contributed by atoms with Crippen molar-refractivity contribution in [3.8, 4) is 0 Å². The summed E-state index contributed by atoms with van der Waals surface area (Å²) >= 11 is 2.10. The van der Waals surface area contributed by atoms with E-state index >= 15 is 0 Å². The topological polar surface area (TPSA) is 21.3 Å². The summed E-state index contributed by atoms with van der Waals surface area (Å²) in [6.07, 6.45) is 3.94. The first-order valence-electron chi connectivity index (χ1n) is 6.00. The molecule has 2 saturated heterocycles. The normalized spacial score (nSPS) is 40.6. The van der Waals surface area contributed by atoms with E-state index < -0.39 is 0 Å². The molecule has 0 radical (unpaired) electrons. The van der Waals surface area contributed by atoms with Gasteiger partial charge in [0.05, 0.1) is 6.61 Å². The Morgan fingerprint density at radius 2 is 2.20 bits per heavy atom. The Morgan fingerprint density at radius 1 is 1.40 bits per heavy atom. The molecule has 0 saturated carbocycles. The Labute approximate surface area is 97.5 Å². The molecule has 0 aromatic rings. The zero-order valence-corrected chi connectivity index (χ0v) is 11.0. The second-order valence-electron chi connectivity index (χ2n) is 5.82. The number of thioether (sulfide) groups is 1. The number of nitrogens with one attached hydrogen (secondary N) is 1. The minimum absolute atomic E-state index is 0.0773. The van der Waals surface area contributed by atoms with Crippen molar-refractivity contribution in [3.05, 3.63) is 0 Å². The lowest BCUT2D eigenvalue weighted by atomic mass is 9.94. The van der Waals surface area contributed by atoms with E-state index in [0.29, 0.717) is 0 Å². The molecule has 1 N–H and O–H groups in total. The minimum Gasteiger partial charge on any atom is -0.359 e. The van der Waals surface area contributed by atoms with E-state index in [9.17, 15) is 0 Å². The highest BCUT2D eigenvalue weighted by molar-refractivity contribution is 7.99. The summed E-state index contributed by atoms with van der Waals surface area (Å²) < 4.78 is 5.94. The number of rotatable bonds is 2. The van der Waals surface area contributed by atoms with Crippen molar-refractivity contribution in [1.82, 2.24) is 5.32 Å². The molecule has 0 bridgehead atoms. The molecule has 0 spiro atoms. The van der Waals surface area contributed by atoms with Crippen molar-refractivity contribution in [3.63, 3.8) is 0 Å². The fourth-order valence-electron chi connectivity index (χ4n) is 2.76. The van der Waals surface area contributed by atoms with Gasteiger partial charge in [-0.1, -0.05) is 0 Å². The average Bonchev–Trinajstić information content (AvgIpc) is 2.42. The van der Waals surface area contributed by atoms with Crippen LogP contribution in [0.25, 0.3) is 0 Å². The van der Waals surface area contributed by atoms with Gasteiger partial charge in [0.1, 0.15) is 5.72 Å². The maximum Gasteiger partial charge on any atom is 0.117 e. The third-order valence-electron chi connectivity index (χ3n) is 3.29. The summed E-state index contributed by atoms with van der Waals surface area (Å²) in [6, 6.07) is 0. The van der Waals surface area contributed by atoms with Crippen molar-refractivity contribution >= 4 is 11.8 Å². The standard InChI is InChI=1S/C12H23NOS/c1-11(2)9-14-12(3,13-11)7-10-5-4-6-15-8-10/h10,13H,4-9H2,1-3H3. The average molecular weight is 229 g/mol. The maximum absolute atomic E-state index is 5.94. The van der Waals surface area contributed by atoms with Crippen molar-refractivity contribution in [2.24, 2.45) is 5.92 Å². The van der Waals surface area contributed by atoms with Gasteiger partial charge >= 0.3 is 0 Å². The van der Waals surface area contributed by atoms with Gasteiger partial charge in [-0.3, -0.25) is 5.32 Å². The van der Waals surface area contributed by atoms with Gasteiger partial charge in [0.25, 0.3) is 0 Å². The highest BCUT2D eigenvalue weighted by atomic mass is 32.2. The highest BCUT2D eigenvalue weighted by Crippen LogP contribution is 2.33. The van der Waals surface area contributed by atoms with Gasteiger partial charge in [-0.25, -0.2) is 0 Å². The van der Waals surface area contributed by atoms with E-state index in [0.717, 1.165) is 12.5 Å². The van der Waals surface area contributed by atoms with Gasteiger partial charge in [-0.15, -0.1) is 0 Å². The van der Waals surface area contributed by atoms with Crippen LogP contribution in [0.5, 0.6) is 0 Å². The van der Waals surface area contributed by atoms with Crippen molar-refractivity contribution in [2.75, 3.05) is 18.1 Å². The number of ether oxygens (including phenoxy) is 1. The van der Waals surface area contributed by atoms with Gasteiger partial charge < -0.3 is 4.74 Å². The molecule has 2 unspecified atom stereocenters. The predicted molar refractivity (Wildman–Crippen MR) is 66.2 cm³/mol. The van der Waals surface area contributed by atoms with Crippen molar-refractivity contribution in [2.45, 2.75) is 51.3 Å². The summed E-state index contributed by atoms with van der Waals surface area (Å²) in [7, 11) is 0. The molecule has 0 aromatic carbocycles. The third-order valence-corrected chi connectivity index (χ3v) is 4.57. The number of hydrogen-bond donors (Lipinski definition) is 1. The molecule has 2 nitrogen and oxygen atoms in total. The van der Waals surface area contributed by atoms with Crippen LogP contribution in [0, 0.1) is 5.92 Å². The lowest BCUT2D eigenvalue weighted by molar-refractivity contribution is -0.0124. The van der Waals surface area contributed by atoms with Gasteiger partial charge in [0.15, 0.2) is 0 Å². The second kappa shape index (κ2) is 4.27. The van der Waals surface area contributed by atoms with Crippen molar-refractivity contribution < 1.29 is 4.74 Å². The molecule has 2 fully saturated rings. The van der Waals surface area contributed by atoms with Crippen LogP contribution in [0.4, 0.5) is 0 Å². The summed E-state index contributed by atoms with van der Waals surface area (Å²) in [5.74, 6) is 3.52. The lowest BCUT2D eigenvalue weighted by Gasteiger charge is -2.32. The van der Waals surface area contributed by atoms with E-state index in [2.05, 4.69) is 37.8 Å². The van der Waals surface area contributed by atoms with Gasteiger partial charge in [-0.05, 0) is 57.5 Å². The molecule has 2 aliphatic heterocycles. The molecule has 0 aromatic heterocycles. The highest BCUT2D eigenvalue weighted by Gasteiger charge is 2.41. The molecule has 2 atom stereocenters. The van der Waals surface area contributed by atoms with Crippen LogP contribution in [-0.4, -0.2) is 29.4 Å². The first kappa shape index (κ1) is 11.7. The molecule has 2 heterocycles. The molecule has 2 rings (SSSR count). The van der Waals surface area contributed by atoms with E-state index in [1.54, 1.807) is 0 Å². The summed E-state index contributed by atoms with van der Waals surface area (Å²) in [4.78, 5) is 0. The number of hydrogen-bond acceptors (Lipinski definition) is 3. The quantitative estimate of drug-likeness (QED) is 0.786. The first-order valence-corrected chi connectivity index (χ1v) is 7.16. The van der Waals surface area contributed by atoms with Crippen molar-refractivity contribution in [1.29, 1.82) is 0 Å². The zero-order chi connectivity index (χ0) is 10.9. The summed E-state index contributed by atoms with van der Waals surface area (Å²) in [6.45, 7) is 7.48. The molecule has 2 aliphatic rings. The Morgan fingerprint density at radius 3 is 2.73 bits per heavy atom. The van der Waals surface area contributed by atoms with Crippen LogP contribution in [0.1, 0.15) is 40.0 Å². The maximum atomic E-state index is 5.94. The summed E-state index contributed by atoms with van der Waals surface area (Å²) in [5, 5.41) is 3.62. The van der Waals surface area contributed by atoms with Crippen LogP contribution in [-0.2, 0) is 4.74 Å². The predicted octanol–water partition coefficient (Wildman–Crippen LogP) is 2.63. The molecule has 88 valence electrons. The second-order valence-corrected chi connectivity index (χ2v) is 6.97. The molecule has 0 aliphatic carbocycles. The van der Waals surface area contributed by atoms with Crippen LogP contribution in [0.2, 0.25) is 0 Å². The molecule has 0 amide bonds. The van der Waals surface area contributed by atoms with Crippen LogP contribution >= 0.6 is 11.8 Å². The fourth-order valence-corrected chi connectivity index (χ4v) is 3.91. The largest absolute Gasteiger partial charge is 0.359 e. The van der Waals surface area contributed by atoms with Crippen LogP contribution in [0.3, 0.4) is 0 Å². The van der Waals surface area contributed by atoms with Crippen LogP contribution in [0.15, 0.2) is 0 Å².